The first kappa shape index (κ1) is 16.7. The molecular weight excluding hydrogens is 297 g/mol. The molecule has 0 aliphatic heterocycles. The van der Waals surface area contributed by atoms with Crippen LogP contribution in [-0.4, -0.2) is 18.4 Å². The van der Waals surface area contributed by atoms with E-state index in [4.69, 9.17) is 4.74 Å². The maximum Gasteiger partial charge on any atom is 0.330 e. The summed E-state index contributed by atoms with van der Waals surface area (Å²) in [6.45, 7) is 1.65. The van der Waals surface area contributed by atoms with Crippen LogP contribution < -0.4 is 10.1 Å². The standard InChI is InChI=1S/C18H18FNO3/c1-13-4-2-3-5-16(13)23-18(22)12-20-17(21)11-8-14-6-9-15(19)10-7-14/h2-7,9-10H,8,11-12H2,1H3,(H,20,21). The van der Waals surface area contributed by atoms with Crippen LogP contribution in [-0.2, 0) is 16.0 Å². The fraction of sp³-hybridized carbons (Fsp3) is 0.222. The van der Waals surface area contributed by atoms with E-state index in [0.29, 0.717) is 12.2 Å². The fourth-order valence-corrected chi connectivity index (χ4v) is 2.00. The van der Waals surface area contributed by atoms with Crippen LogP contribution in [0.4, 0.5) is 4.39 Å². The summed E-state index contributed by atoms with van der Waals surface area (Å²) in [7, 11) is 0. The van der Waals surface area contributed by atoms with Crippen molar-refractivity contribution in [3.05, 3.63) is 65.5 Å². The smallest absolute Gasteiger partial charge is 0.330 e. The molecular formula is C18H18FNO3. The summed E-state index contributed by atoms with van der Waals surface area (Å²) in [5.74, 6) is -0.597. The van der Waals surface area contributed by atoms with Gasteiger partial charge in [-0.05, 0) is 42.7 Å². The van der Waals surface area contributed by atoms with Crippen LogP contribution in [0.15, 0.2) is 48.5 Å². The van der Waals surface area contributed by atoms with E-state index in [2.05, 4.69) is 5.32 Å². The van der Waals surface area contributed by atoms with Crippen molar-refractivity contribution in [2.45, 2.75) is 19.8 Å². The molecule has 0 radical (unpaired) electrons. The molecule has 5 heteroatoms. The second-order valence-electron chi connectivity index (χ2n) is 5.14. The van der Waals surface area contributed by atoms with Gasteiger partial charge in [-0.25, -0.2) is 9.18 Å². The summed E-state index contributed by atoms with van der Waals surface area (Å²) in [4.78, 5) is 23.4. The minimum atomic E-state index is -0.519. The Morgan fingerprint density at radius 2 is 1.78 bits per heavy atom. The van der Waals surface area contributed by atoms with E-state index in [-0.39, 0.29) is 24.7 Å². The number of halogens is 1. The van der Waals surface area contributed by atoms with Crippen molar-refractivity contribution in [3.8, 4) is 5.75 Å². The minimum absolute atomic E-state index is 0.184. The molecule has 0 atom stereocenters. The topological polar surface area (TPSA) is 55.4 Å². The Hall–Kier alpha value is -2.69. The lowest BCUT2D eigenvalue weighted by Gasteiger charge is -2.08. The van der Waals surface area contributed by atoms with E-state index in [1.165, 1.54) is 12.1 Å². The molecule has 0 heterocycles. The number of nitrogens with one attached hydrogen (secondary N) is 1. The van der Waals surface area contributed by atoms with E-state index in [0.717, 1.165) is 11.1 Å². The number of carbonyl (C=O) groups is 2. The van der Waals surface area contributed by atoms with E-state index < -0.39 is 5.97 Å². The highest BCUT2D eigenvalue weighted by molar-refractivity contribution is 5.83. The SMILES string of the molecule is Cc1ccccc1OC(=O)CNC(=O)CCc1ccc(F)cc1. The normalized spacial score (nSPS) is 10.2. The van der Waals surface area contributed by atoms with Gasteiger partial charge in [0.05, 0.1) is 0 Å². The van der Waals surface area contributed by atoms with Crippen LogP contribution in [0, 0.1) is 12.7 Å². The van der Waals surface area contributed by atoms with Crippen LogP contribution >= 0.6 is 0 Å². The Morgan fingerprint density at radius 3 is 2.48 bits per heavy atom. The number of rotatable bonds is 6. The van der Waals surface area contributed by atoms with Gasteiger partial charge in [-0.2, -0.15) is 0 Å². The van der Waals surface area contributed by atoms with Crippen molar-refractivity contribution >= 4 is 11.9 Å². The van der Waals surface area contributed by atoms with Gasteiger partial charge in [0, 0.05) is 6.42 Å². The summed E-state index contributed by atoms with van der Waals surface area (Å²) in [5, 5.41) is 2.52. The molecule has 4 nitrogen and oxygen atoms in total. The van der Waals surface area contributed by atoms with Gasteiger partial charge in [-0.1, -0.05) is 30.3 Å². The van der Waals surface area contributed by atoms with Gasteiger partial charge in [-0.3, -0.25) is 4.79 Å². The Kier molecular flexibility index (Phi) is 5.86. The third-order valence-electron chi connectivity index (χ3n) is 3.30. The van der Waals surface area contributed by atoms with Crippen LogP contribution in [0.2, 0.25) is 0 Å². The lowest BCUT2D eigenvalue weighted by molar-refractivity contribution is -0.135. The molecule has 1 N–H and O–H groups in total. The van der Waals surface area contributed by atoms with Crippen molar-refractivity contribution in [1.82, 2.24) is 5.32 Å². The van der Waals surface area contributed by atoms with Crippen LogP contribution in [0.1, 0.15) is 17.5 Å². The Morgan fingerprint density at radius 1 is 1.09 bits per heavy atom. The second kappa shape index (κ2) is 8.08. The zero-order valence-corrected chi connectivity index (χ0v) is 12.8. The molecule has 0 saturated heterocycles. The van der Waals surface area contributed by atoms with Crippen molar-refractivity contribution in [2.24, 2.45) is 0 Å². The predicted molar refractivity (Wildman–Crippen MR) is 84.5 cm³/mol. The van der Waals surface area contributed by atoms with E-state index in [1.807, 2.05) is 19.1 Å². The fourth-order valence-electron chi connectivity index (χ4n) is 2.00. The predicted octanol–water partition coefficient (Wildman–Crippen LogP) is 2.79. The highest BCUT2D eigenvalue weighted by atomic mass is 19.1. The van der Waals surface area contributed by atoms with Gasteiger partial charge >= 0.3 is 5.97 Å². The highest BCUT2D eigenvalue weighted by Crippen LogP contribution is 2.16. The van der Waals surface area contributed by atoms with Crippen molar-refractivity contribution in [2.75, 3.05) is 6.54 Å². The number of ether oxygens (including phenoxy) is 1. The summed E-state index contributed by atoms with van der Waals surface area (Å²) >= 11 is 0. The number of amides is 1. The molecule has 0 saturated carbocycles. The number of benzene rings is 2. The maximum absolute atomic E-state index is 12.8. The van der Waals surface area contributed by atoms with Gasteiger partial charge < -0.3 is 10.1 Å². The molecule has 2 rings (SSSR count). The van der Waals surface area contributed by atoms with Gasteiger partial charge in [0.2, 0.25) is 5.91 Å². The average molecular weight is 315 g/mol. The van der Waals surface area contributed by atoms with E-state index in [1.54, 1.807) is 24.3 Å². The minimum Gasteiger partial charge on any atom is -0.425 e. The van der Waals surface area contributed by atoms with Gasteiger partial charge in [0.15, 0.2) is 0 Å². The second-order valence-corrected chi connectivity index (χ2v) is 5.14. The van der Waals surface area contributed by atoms with Crippen LogP contribution in [0.25, 0.3) is 0 Å². The number of hydrogen-bond donors (Lipinski definition) is 1. The monoisotopic (exact) mass is 315 g/mol. The largest absolute Gasteiger partial charge is 0.425 e. The molecule has 0 spiro atoms. The molecule has 23 heavy (non-hydrogen) atoms. The molecule has 2 aromatic carbocycles. The van der Waals surface area contributed by atoms with Crippen molar-refractivity contribution in [1.29, 1.82) is 0 Å². The Bertz CT molecular complexity index is 683. The summed E-state index contributed by atoms with van der Waals surface area (Å²) in [6, 6.07) is 13.1. The summed E-state index contributed by atoms with van der Waals surface area (Å²) < 4.78 is 17.9. The van der Waals surface area contributed by atoms with Gasteiger partial charge in [0.25, 0.3) is 0 Å². The van der Waals surface area contributed by atoms with E-state index >= 15 is 0 Å². The van der Waals surface area contributed by atoms with Crippen molar-refractivity contribution < 1.29 is 18.7 Å². The number of aryl methyl sites for hydroxylation is 2. The van der Waals surface area contributed by atoms with E-state index in [9.17, 15) is 14.0 Å². The van der Waals surface area contributed by atoms with Gasteiger partial charge in [-0.15, -0.1) is 0 Å². The Labute approximate surface area is 134 Å². The highest BCUT2D eigenvalue weighted by Gasteiger charge is 2.09. The molecule has 120 valence electrons. The zero-order valence-electron chi connectivity index (χ0n) is 12.8. The first-order chi connectivity index (χ1) is 11.0. The zero-order chi connectivity index (χ0) is 16.7. The Balaban J connectivity index is 1.72. The molecule has 0 bridgehead atoms. The maximum atomic E-state index is 12.8. The summed E-state index contributed by atoms with van der Waals surface area (Å²) in [6.07, 6.45) is 0.711. The van der Waals surface area contributed by atoms with Crippen LogP contribution in [0.3, 0.4) is 0 Å². The third-order valence-corrected chi connectivity index (χ3v) is 3.30. The molecule has 0 aromatic heterocycles. The molecule has 0 aliphatic carbocycles. The number of para-hydroxylation sites is 1. The van der Waals surface area contributed by atoms with Gasteiger partial charge in [0.1, 0.15) is 18.1 Å². The molecule has 0 aliphatic rings. The average Bonchev–Trinajstić information content (AvgIpc) is 2.54. The quantitative estimate of drug-likeness (QED) is 0.659. The number of hydrogen-bond acceptors (Lipinski definition) is 3. The molecule has 0 unspecified atom stereocenters. The number of carbonyl (C=O) groups excluding carboxylic acids is 2. The van der Waals surface area contributed by atoms with Crippen LogP contribution in [0.5, 0.6) is 5.75 Å². The molecule has 0 fully saturated rings. The first-order valence-corrected chi connectivity index (χ1v) is 7.32. The summed E-state index contributed by atoms with van der Waals surface area (Å²) in [5.41, 5.74) is 1.72. The first-order valence-electron chi connectivity index (χ1n) is 7.32. The molecule has 2 aromatic rings. The third kappa shape index (κ3) is 5.54. The van der Waals surface area contributed by atoms with Crippen molar-refractivity contribution in [3.63, 3.8) is 0 Å². The molecule has 1 amide bonds. The number of esters is 1. The lowest BCUT2D eigenvalue weighted by atomic mass is 10.1. The lowest BCUT2D eigenvalue weighted by Crippen LogP contribution is -2.32.